The Morgan fingerprint density at radius 3 is 2.68 bits per heavy atom. The van der Waals surface area contributed by atoms with Gasteiger partial charge in [-0.15, -0.1) is 0 Å². The van der Waals surface area contributed by atoms with Gasteiger partial charge < -0.3 is 15.0 Å². The molecule has 136 valence electrons. The normalized spacial score (nSPS) is 20.7. The van der Waals surface area contributed by atoms with Gasteiger partial charge in [0.15, 0.2) is 0 Å². The number of hydrogen-bond donors (Lipinski definition) is 1. The van der Waals surface area contributed by atoms with Crippen LogP contribution in [0.25, 0.3) is 0 Å². The second-order valence-electron chi connectivity index (χ2n) is 6.68. The molecule has 1 aromatic rings. The van der Waals surface area contributed by atoms with Crippen LogP contribution in [0.15, 0.2) is 36.4 Å². The maximum absolute atomic E-state index is 12.4. The fraction of sp³-hybridized carbons (Fsp3) is 0.550. The van der Waals surface area contributed by atoms with E-state index in [2.05, 4.69) is 46.3 Å². The number of carbonyl (C=O) groups excluding carboxylic acids is 1. The van der Waals surface area contributed by atoms with Crippen molar-refractivity contribution >= 4 is 17.3 Å². The minimum absolute atomic E-state index is 0.0555. The van der Waals surface area contributed by atoms with Crippen LogP contribution in [0.5, 0.6) is 0 Å². The van der Waals surface area contributed by atoms with E-state index in [0.29, 0.717) is 12.6 Å². The largest absolute Gasteiger partial charge is 0.378 e. The summed E-state index contributed by atoms with van der Waals surface area (Å²) in [5.41, 5.74) is 2.04. The molecule has 0 unspecified atom stereocenters. The zero-order valence-corrected chi connectivity index (χ0v) is 15.1. The molecule has 5 nitrogen and oxygen atoms in total. The van der Waals surface area contributed by atoms with Gasteiger partial charge in [0.25, 0.3) is 0 Å². The monoisotopic (exact) mass is 343 g/mol. The molecule has 1 atom stereocenters. The van der Waals surface area contributed by atoms with Gasteiger partial charge in [-0.2, -0.15) is 0 Å². The summed E-state index contributed by atoms with van der Waals surface area (Å²) in [6.45, 7) is 6.85. The molecule has 0 saturated carbocycles. The quantitative estimate of drug-likeness (QED) is 0.807. The number of carbonyl (C=O) groups is 1. The zero-order valence-electron chi connectivity index (χ0n) is 15.1. The van der Waals surface area contributed by atoms with E-state index in [-0.39, 0.29) is 5.91 Å². The number of ether oxygens (including phenoxy) is 1. The molecular weight excluding hydrogens is 314 g/mol. The summed E-state index contributed by atoms with van der Waals surface area (Å²) in [5, 5.41) is 3.03. The lowest BCUT2D eigenvalue weighted by Crippen LogP contribution is -2.40. The van der Waals surface area contributed by atoms with Gasteiger partial charge in [0.1, 0.15) is 0 Å². The third-order valence-corrected chi connectivity index (χ3v) is 4.98. The average Bonchev–Trinajstić information content (AvgIpc) is 2.68. The SMILES string of the molecule is CCN(CC(=O)Nc1ccc(N2CCOCC2)cc1)[C@@H]1C=CCCC1. The van der Waals surface area contributed by atoms with E-state index >= 15 is 0 Å². The van der Waals surface area contributed by atoms with Gasteiger partial charge in [-0.3, -0.25) is 9.69 Å². The second kappa shape index (κ2) is 9.02. The molecule has 0 radical (unpaired) electrons. The first kappa shape index (κ1) is 18.0. The summed E-state index contributed by atoms with van der Waals surface area (Å²) >= 11 is 0. The van der Waals surface area contributed by atoms with E-state index in [4.69, 9.17) is 4.74 Å². The van der Waals surface area contributed by atoms with Crippen molar-refractivity contribution in [2.75, 3.05) is 49.6 Å². The first-order valence-electron chi connectivity index (χ1n) is 9.39. The Morgan fingerprint density at radius 1 is 1.28 bits per heavy atom. The Morgan fingerprint density at radius 2 is 2.04 bits per heavy atom. The van der Waals surface area contributed by atoms with Crippen LogP contribution in [0, 0.1) is 0 Å². The highest BCUT2D eigenvalue weighted by molar-refractivity contribution is 5.92. The number of benzene rings is 1. The molecular formula is C20H29N3O2. The van der Waals surface area contributed by atoms with Crippen LogP contribution < -0.4 is 10.2 Å². The van der Waals surface area contributed by atoms with Crippen LogP contribution in [-0.2, 0) is 9.53 Å². The Hall–Kier alpha value is -1.85. The minimum atomic E-state index is 0.0555. The fourth-order valence-corrected chi connectivity index (χ4v) is 3.52. The van der Waals surface area contributed by atoms with Gasteiger partial charge in [0, 0.05) is 30.5 Å². The van der Waals surface area contributed by atoms with Crippen molar-refractivity contribution in [3.63, 3.8) is 0 Å². The summed E-state index contributed by atoms with van der Waals surface area (Å²) < 4.78 is 5.39. The van der Waals surface area contributed by atoms with E-state index in [0.717, 1.165) is 51.4 Å². The predicted octanol–water partition coefficient (Wildman–Crippen LogP) is 2.89. The van der Waals surface area contributed by atoms with Gasteiger partial charge in [0.05, 0.1) is 19.8 Å². The van der Waals surface area contributed by atoms with Crippen LogP contribution in [0.4, 0.5) is 11.4 Å². The molecule has 1 aromatic carbocycles. The van der Waals surface area contributed by atoms with Crippen molar-refractivity contribution in [2.45, 2.75) is 32.2 Å². The summed E-state index contributed by atoms with van der Waals surface area (Å²) in [6, 6.07) is 8.51. The molecule has 1 saturated heterocycles. The molecule has 1 amide bonds. The van der Waals surface area contributed by atoms with E-state index in [9.17, 15) is 4.79 Å². The first-order valence-corrected chi connectivity index (χ1v) is 9.39. The predicted molar refractivity (Wildman–Crippen MR) is 102 cm³/mol. The van der Waals surface area contributed by atoms with Gasteiger partial charge in [-0.1, -0.05) is 19.1 Å². The molecule has 1 N–H and O–H groups in total. The molecule has 1 fully saturated rings. The van der Waals surface area contributed by atoms with Crippen molar-refractivity contribution in [3.05, 3.63) is 36.4 Å². The number of amides is 1. The highest BCUT2D eigenvalue weighted by Crippen LogP contribution is 2.20. The average molecular weight is 343 g/mol. The molecule has 25 heavy (non-hydrogen) atoms. The third-order valence-electron chi connectivity index (χ3n) is 4.98. The van der Waals surface area contributed by atoms with Crippen molar-refractivity contribution in [1.29, 1.82) is 0 Å². The highest BCUT2D eigenvalue weighted by Gasteiger charge is 2.19. The van der Waals surface area contributed by atoms with Gasteiger partial charge in [-0.05, 0) is 50.1 Å². The first-order chi connectivity index (χ1) is 12.3. The van der Waals surface area contributed by atoms with Crippen LogP contribution in [-0.4, -0.2) is 56.2 Å². The number of allylic oxidation sites excluding steroid dienone is 1. The number of nitrogens with one attached hydrogen (secondary N) is 1. The van der Waals surface area contributed by atoms with Gasteiger partial charge in [-0.25, -0.2) is 0 Å². The molecule has 5 heteroatoms. The van der Waals surface area contributed by atoms with E-state index in [1.54, 1.807) is 0 Å². The maximum atomic E-state index is 12.4. The molecule has 3 rings (SSSR count). The van der Waals surface area contributed by atoms with Crippen LogP contribution in [0.2, 0.25) is 0 Å². The smallest absolute Gasteiger partial charge is 0.238 e. The van der Waals surface area contributed by atoms with Gasteiger partial charge >= 0.3 is 0 Å². The standard InChI is InChI=1S/C20H29N3O2/c1-2-22(18-6-4-3-5-7-18)16-20(24)21-17-8-10-19(11-9-17)23-12-14-25-15-13-23/h4,6,8-11,18H,2-3,5,7,12-16H2,1H3,(H,21,24)/t18-/m1/s1. The number of hydrogen-bond acceptors (Lipinski definition) is 4. The summed E-state index contributed by atoms with van der Waals surface area (Å²) in [7, 11) is 0. The lowest BCUT2D eigenvalue weighted by atomic mass is 10.0. The van der Waals surface area contributed by atoms with E-state index in [1.165, 1.54) is 12.1 Å². The van der Waals surface area contributed by atoms with Crippen molar-refractivity contribution in [2.24, 2.45) is 0 Å². The summed E-state index contributed by atoms with van der Waals surface area (Å²) in [4.78, 5) is 17.0. The summed E-state index contributed by atoms with van der Waals surface area (Å²) in [5.74, 6) is 0.0555. The topological polar surface area (TPSA) is 44.8 Å². The number of rotatable bonds is 6. The number of likely N-dealkylation sites (N-methyl/N-ethyl adjacent to an activating group) is 1. The molecule has 1 aliphatic carbocycles. The fourth-order valence-electron chi connectivity index (χ4n) is 3.52. The third kappa shape index (κ3) is 5.06. The van der Waals surface area contributed by atoms with Crippen LogP contribution in [0.3, 0.4) is 0 Å². The molecule has 0 spiro atoms. The van der Waals surface area contributed by atoms with Crippen molar-refractivity contribution in [1.82, 2.24) is 4.90 Å². The molecule has 1 heterocycles. The lowest BCUT2D eigenvalue weighted by molar-refractivity contribution is -0.117. The number of anilines is 2. The van der Waals surface area contributed by atoms with Crippen molar-refractivity contribution < 1.29 is 9.53 Å². The Kier molecular flexibility index (Phi) is 6.48. The lowest BCUT2D eigenvalue weighted by Gasteiger charge is -2.30. The van der Waals surface area contributed by atoms with Gasteiger partial charge in [0.2, 0.25) is 5.91 Å². The Balaban J connectivity index is 1.53. The van der Waals surface area contributed by atoms with Crippen molar-refractivity contribution in [3.8, 4) is 0 Å². The van der Waals surface area contributed by atoms with E-state index < -0.39 is 0 Å². The Labute approximate surface area is 150 Å². The second-order valence-corrected chi connectivity index (χ2v) is 6.68. The highest BCUT2D eigenvalue weighted by atomic mass is 16.5. The molecule has 2 aliphatic rings. The summed E-state index contributed by atoms with van der Waals surface area (Å²) in [6.07, 6.45) is 8.00. The number of nitrogens with zero attached hydrogens (tertiary/aromatic N) is 2. The molecule has 0 bridgehead atoms. The number of morpholine rings is 1. The molecule has 1 aliphatic heterocycles. The van der Waals surface area contributed by atoms with Crippen LogP contribution >= 0.6 is 0 Å². The maximum Gasteiger partial charge on any atom is 0.238 e. The Bertz CT molecular complexity index is 579. The minimum Gasteiger partial charge on any atom is -0.378 e. The van der Waals surface area contributed by atoms with E-state index in [1.807, 2.05) is 12.1 Å². The molecule has 0 aromatic heterocycles. The van der Waals surface area contributed by atoms with Crippen LogP contribution in [0.1, 0.15) is 26.2 Å². The zero-order chi connectivity index (χ0) is 17.5.